The molecule has 1 amide bonds. The van der Waals surface area contributed by atoms with Crippen LogP contribution in [0.15, 0.2) is 0 Å². The van der Waals surface area contributed by atoms with Crippen LogP contribution in [0.2, 0.25) is 0 Å². The van der Waals surface area contributed by atoms with Crippen molar-refractivity contribution in [2.45, 2.75) is 45.6 Å². The summed E-state index contributed by atoms with van der Waals surface area (Å²) in [5.41, 5.74) is 0. The highest BCUT2D eigenvalue weighted by molar-refractivity contribution is 5.81. The van der Waals surface area contributed by atoms with Crippen molar-refractivity contribution in [3.05, 3.63) is 0 Å². The van der Waals surface area contributed by atoms with Gasteiger partial charge in [-0.25, -0.2) is 0 Å². The van der Waals surface area contributed by atoms with Gasteiger partial charge in [0.1, 0.15) is 0 Å². The van der Waals surface area contributed by atoms with Crippen LogP contribution < -0.4 is 10.6 Å². The maximum atomic E-state index is 11.6. The topological polar surface area (TPSA) is 41.1 Å². The first kappa shape index (κ1) is 12.5. The van der Waals surface area contributed by atoms with E-state index in [-0.39, 0.29) is 11.9 Å². The minimum atomic E-state index is -0.00407. The Labute approximate surface area is 93.0 Å². The molecule has 0 aliphatic heterocycles. The van der Waals surface area contributed by atoms with E-state index in [0.717, 1.165) is 18.9 Å². The highest BCUT2D eigenvalue weighted by Gasteiger charge is 2.22. The van der Waals surface area contributed by atoms with Crippen LogP contribution in [-0.2, 0) is 4.79 Å². The van der Waals surface area contributed by atoms with Crippen LogP contribution in [0.25, 0.3) is 0 Å². The average molecular weight is 212 g/mol. The molecule has 0 aromatic heterocycles. The Morgan fingerprint density at radius 3 is 2.47 bits per heavy atom. The lowest BCUT2D eigenvalue weighted by molar-refractivity contribution is -0.123. The van der Waals surface area contributed by atoms with Crippen molar-refractivity contribution in [2.24, 2.45) is 11.8 Å². The molecule has 0 heterocycles. The summed E-state index contributed by atoms with van der Waals surface area (Å²) in [6.45, 7) is 5.31. The molecule has 1 atom stereocenters. The highest BCUT2D eigenvalue weighted by Crippen LogP contribution is 2.25. The normalized spacial score (nSPS) is 18.7. The summed E-state index contributed by atoms with van der Waals surface area (Å²) in [5, 5.41) is 6.12. The third-order valence-corrected chi connectivity index (χ3v) is 3.15. The fourth-order valence-corrected chi connectivity index (χ4v) is 1.93. The first-order valence-corrected chi connectivity index (χ1v) is 6.08. The number of hydrogen-bond acceptors (Lipinski definition) is 2. The molecule has 1 aliphatic carbocycles. The van der Waals surface area contributed by atoms with Gasteiger partial charge in [0.15, 0.2) is 0 Å². The minimum Gasteiger partial charge on any atom is -0.358 e. The first-order chi connectivity index (χ1) is 7.13. The SMILES string of the molecule is CNC(=O)C(CC(C)C)NCC1CCC1. The molecule has 1 unspecified atom stereocenters. The molecule has 88 valence electrons. The quantitative estimate of drug-likeness (QED) is 0.701. The number of likely N-dealkylation sites (N-methyl/N-ethyl adjacent to an activating group) is 1. The molecule has 0 saturated heterocycles. The lowest BCUT2D eigenvalue weighted by atomic mass is 9.85. The molecule has 1 saturated carbocycles. The van der Waals surface area contributed by atoms with E-state index >= 15 is 0 Å². The summed E-state index contributed by atoms with van der Waals surface area (Å²) in [6.07, 6.45) is 4.94. The third kappa shape index (κ3) is 4.20. The summed E-state index contributed by atoms with van der Waals surface area (Å²) in [5.74, 6) is 1.49. The number of nitrogens with one attached hydrogen (secondary N) is 2. The number of amides is 1. The molecule has 0 spiro atoms. The first-order valence-electron chi connectivity index (χ1n) is 6.08. The molecular formula is C12H24N2O. The van der Waals surface area contributed by atoms with Gasteiger partial charge >= 0.3 is 0 Å². The Balaban J connectivity index is 2.29. The Kier molecular flexibility index (Phi) is 5.09. The van der Waals surface area contributed by atoms with Crippen molar-refractivity contribution in [1.29, 1.82) is 0 Å². The molecule has 0 bridgehead atoms. The van der Waals surface area contributed by atoms with Gasteiger partial charge in [0, 0.05) is 7.05 Å². The lowest BCUT2D eigenvalue weighted by Crippen LogP contribution is -2.46. The molecule has 15 heavy (non-hydrogen) atoms. The van der Waals surface area contributed by atoms with Gasteiger partial charge in [-0.15, -0.1) is 0 Å². The number of carbonyl (C=O) groups excluding carboxylic acids is 1. The number of rotatable bonds is 6. The molecular weight excluding hydrogens is 188 g/mol. The molecule has 1 rings (SSSR count). The molecule has 1 fully saturated rings. The van der Waals surface area contributed by atoms with E-state index in [9.17, 15) is 4.79 Å². The van der Waals surface area contributed by atoms with E-state index in [4.69, 9.17) is 0 Å². The van der Waals surface area contributed by atoms with Gasteiger partial charge in [-0.1, -0.05) is 20.3 Å². The van der Waals surface area contributed by atoms with E-state index in [1.807, 2.05) is 0 Å². The van der Waals surface area contributed by atoms with Crippen molar-refractivity contribution >= 4 is 5.91 Å². The molecule has 3 heteroatoms. The van der Waals surface area contributed by atoms with Crippen LogP contribution in [-0.4, -0.2) is 25.5 Å². The standard InChI is InChI=1S/C12H24N2O/c1-9(2)7-11(12(15)13-3)14-8-10-5-4-6-10/h9-11,14H,4-8H2,1-3H3,(H,13,15). The molecule has 0 radical (unpaired) electrons. The van der Waals surface area contributed by atoms with Gasteiger partial charge in [0.05, 0.1) is 6.04 Å². The van der Waals surface area contributed by atoms with Gasteiger partial charge in [-0.05, 0) is 37.6 Å². The van der Waals surface area contributed by atoms with Crippen LogP contribution in [0.4, 0.5) is 0 Å². The van der Waals surface area contributed by atoms with Crippen molar-refractivity contribution in [2.75, 3.05) is 13.6 Å². The Hall–Kier alpha value is -0.570. The van der Waals surface area contributed by atoms with Crippen molar-refractivity contribution in [1.82, 2.24) is 10.6 Å². The van der Waals surface area contributed by atoms with E-state index in [1.165, 1.54) is 19.3 Å². The van der Waals surface area contributed by atoms with Crippen molar-refractivity contribution < 1.29 is 4.79 Å². The second-order valence-corrected chi connectivity index (χ2v) is 5.00. The summed E-state index contributed by atoms with van der Waals surface area (Å²) in [7, 11) is 1.71. The zero-order valence-electron chi connectivity index (χ0n) is 10.2. The largest absolute Gasteiger partial charge is 0.358 e. The summed E-state index contributed by atoms with van der Waals surface area (Å²) >= 11 is 0. The maximum Gasteiger partial charge on any atom is 0.236 e. The van der Waals surface area contributed by atoms with Crippen LogP contribution in [0.5, 0.6) is 0 Å². The van der Waals surface area contributed by atoms with Gasteiger partial charge in [0.2, 0.25) is 5.91 Å². The predicted molar refractivity (Wildman–Crippen MR) is 62.7 cm³/mol. The maximum absolute atomic E-state index is 11.6. The zero-order chi connectivity index (χ0) is 11.3. The van der Waals surface area contributed by atoms with Crippen LogP contribution >= 0.6 is 0 Å². The van der Waals surface area contributed by atoms with Crippen molar-refractivity contribution in [3.63, 3.8) is 0 Å². The van der Waals surface area contributed by atoms with Crippen LogP contribution in [0.3, 0.4) is 0 Å². The molecule has 1 aliphatic rings. The molecule has 3 nitrogen and oxygen atoms in total. The Morgan fingerprint density at radius 2 is 2.07 bits per heavy atom. The molecule has 0 aromatic rings. The molecule has 0 aromatic carbocycles. The Morgan fingerprint density at radius 1 is 1.40 bits per heavy atom. The van der Waals surface area contributed by atoms with Crippen molar-refractivity contribution in [3.8, 4) is 0 Å². The van der Waals surface area contributed by atoms with E-state index in [1.54, 1.807) is 7.05 Å². The summed E-state index contributed by atoms with van der Waals surface area (Å²) in [6, 6.07) is -0.00407. The van der Waals surface area contributed by atoms with E-state index < -0.39 is 0 Å². The third-order valence-electron chi connectivity index (χ3n) is 3.15. The van der Waals surface area contributed by atoms with Gasteiger partial charge < -0.3 is 10.6 Å². The van der Waals surface area contributed by atoms with Crippen LogP contribution in [0.1, 0.15) is 39.5 Å². The van der Waals surface area contributed by atoms with Gasteiger partial charge in [-0.3, -0.25) is 4.79 Å². The smallest absolute Gasteiger partial charge is 0.236 e. The van der Waals surface area contributed by atoms with E-state index in [0.29, 0.717) is 5.92 Å². The van der Waals surface area contributed by atoms with E-state index in [2.05, 4.69) is 24.5 Å². The zero-order valence-corrected chi connectivity index (χ0v) is 10.2. The average Bonchev–Trinajstić information content (AvgIpc) is 2.12. The van der Waals surface area contributed by atoms with Gasteiger partial charge in [0.25, 0.3) is 0 Å². The summed E-state index contributed by atoms with van der Waals surface area (Å²) in [4.78, 5) is 11.6. The number of hydrogen-bond donors (Lipinski definition) is 2. The molecule has 2 N–H and O–H groups in total. The fourth-order valence-electron chi connectivity index (χ4n) is 1.93. The minimum absolute atomic E-state index is 0.00407. The fraction of sp³-hybridized carbons (Fsp3) is 0.917. The predicted octanol–water partition coefficient (Wildman–Crippen LogP) is 1.54. The second-order valence-electron chi connectivity index (χ2n) is 5.00. The monoisotopic (exact) mass is 212 g/mol. The Bertz CT molecular complexity index is 200. The highest BCUT2D eigenvalue weighted by atomic mass is 16.2. The van der Waals surface area contributed by atoms with Gasteiger partial charge in [-0.2, -0.15) is 0 Å². The van der Waals surface area contributed by atoms with Crippen LogP contribution in [0, 0.1) is 11.8 Å². The number of carbonyl (C=O) groups is 1. The lowest BCUT2D eigenvalue weighted by Gasteiger charge is -2.28. The summed E-state index contributed by atoms with van der Waals surface area (Å²) < 4.78 is 0. The second kappa shape index (κ2) is 6.11.